The van der Waals surface area contributed by atoms with Crippen LogP contribution < -0.4 is 9.64 Å². The molecule has 1 aromatic rings. The SMILES string of the molecule is COc1cc(N2CCN(C(=O)OC(C)(C)C)C(CCS(C)(=O)=O)C2)ccc1Cl. The molecule has 0 radical (unpaired) electrons. The van der Waals surface area contributed by atoms with E-state index in [4.69, 9.17) is 21.1 Å². The molecule has 1 atom stereocenters. The van der Waals surface area contributed by atoms with Crippen LogP contribution in [0.25, 0.3) is 0 Å². The standard InChI is InChI=1S/C19H29ClN2O5S/c1-19(2,3)27-18(23)22-10-9-21(13-15(22)8-11-28(5,24)25)14-6-7-16(20)17(12-14)26-4/h6-7,12,15H,8-11,13H2,1-5H3. The zero-order valence-electron chi connectivity index (χ0n) is 17.1. The summed E-state index contributed by atoms with van der Waals surface area (Å²) in [5, 5.41) is 0.521. The third-order valence-electron chi connectivity index (χ3n) is 4.43. The van der Waals surface area contributed by atoms with Crippen LogP contribution in [0.3, 0.4) is 0 Å². The highest BCUT2D eigenvalue weighted by molar-refractivity contribution is 7.90. The summed E-state index contributed by atoms with van der Waals surface area (Å²) < 4.78 is 34.1. The molecule has 1 aliphatic rings. The van der Waals surface area contributed by atoms with Gasteiger partial charge in [-0.05, 0) is 39.3 Å². The molecule has 0 N–H and O–H groups in total. The number of amides is 1. The maximum absolute atomic E-state index is 12.6. The smallest absolute Gasteiger partial charge is 0.410 e. The van der Waals surface area contributed by atoms with Crippen molar-refractivity contribution < 1.29 is 22.7 Å². The summed E-state index contributed by atoms with van der Waals surface area (Å²) in [7, 11) is -1.59. The first-order valence-corrected chi connectivity index (χ1v) is 11.6. The van der Waals surface area contributed by atoms with Crippen LogP contribution in [-0.2, 0) is 14.6 Å². The molecule has 0 aromatic heterocycles. The van der Waals surface area contributed by atoms with Crippen LogP contribution in [0, 0.1) is 0 Å². The van der Waals surface area contributed by atoms with Gasteiger partial charge in [-0.1, -0.05) is 11.6 Å². The molecule has 1 fully saturated rings. The lowest BCUT2D eigenvalue weighted by molar-refractivity contribution is 0.0137. The minimum Gasteiger partial charge on any atom is -0.495 e. The molecule has 7 nitrogen and oxygen atoms in total. The summed E-state index contributed by atoms with van der Waals surface area (Å²) in [6.07, 6.45) is 1.13. The Balaban J connectivity index is 2.21. The molecule has 1 aromatic carbocycles. The van der Waals surface area contributed by atoms with Gasteiger partial charge in [-0.3, -0.25) is 0 Å². The average molecular weight is 433 g/mol. The minimum absolute atomic E-state index is 0.00867. The van der Waals surface area contributed by atoms with E-state index in [0.29, 0.717) is 36.8 Å². The fourth-order valence-corrected chi connectivity index (χ4v) is 3.99. The Morgan fingerprint density at radius 3 is 2.54 bits per heavy atom. The van der Waals surface area contributed by atoms with Gasteiger partial charge in [-0.15, -0.1) is 0 Å². The molecule has 0 saturated carbocycles. The van der Waals surface area contributed by atoms with Crippen LogP contribution in [0.4, 0.5) is 10.5 Å². The third kappa shape index (κ3) is 6.44. The third-order valence-corrected chi connectivity index (χ3v) is 5.72. The summed E-state index contributed by atoms with van der Waals surface area (Å²) in [5.41, 5.74) is 0.300. The normalized spacial score (nSPS) is 18.1. The molecule has 1 amide bonds. The van der Waals surface area contributed by atoms with Gasteiger partial charge >= 0.3 is 6.09 Å². The van der Waals surface area contributed by atoms with Crippen molar-refractivity contribution in [2.75, 3.05) is 43.7 Å². The van der Waals surface area contributed by atoms with E-state index < -0.39 is 21.5 Å². The molecule has 1 heterocycles. The van der Waals surface area contributed by atoms with Gasteiger partial charge in [0.1, 0.15) is 21.2 Å². The number of rotatable bonds is 5. The number of ether oxygens (including phenoxy) is 2. The number of carbonyl (C=O) groups is 1. The largest absolute Gasteiger partial charge is 0.495 e. The summed E-state index contributed by atoms with van der Waals surface area (Å²) in [6.45, 7) is 6.97. The highest BCUT2D eigenvalue weighted by Crippen LogP contribution is 2.31. The second-order valence-electron chi connectivity index (χ2n) is 8.01. The molecule has 158 valence electrons. The number of hydrogen-bond acceptors (Lipinski definition) is 6. The quantitative estimate of drug-likeness (QED) is 0.711. The number of hydrogen-bond donors (Lipinski definition) is 0. The van der Waals surface area contributed by atoms with E-state index in [1.165, 1.54) is 6.26 Å². The predicted molar refractivity (Wildman–Crippen MR) is 111 cm³/mol. The van der Waals surface area contributed by atoms with E-state index in [1.54, 1.807) is 18.1 Å². The van der Waals surface area contributed by atoms with Crippen LogP contribution in [0.5, 0.6) is 5.75 Å². The van der Waals surface area contributed by atoms with Gasteiger partial charge in [0.25, 0.3) is 0 Å². The molecule has 0 spiro atoms. The number of benzene rings is 1. The number of anilines is 1. The van der Waals surface area contributed by atoms with E-state index in [9.17, 15) is 13.2 Å². The van der Waals surface area contributed by atoms with E-state index in [2.05, 4.69) is 4.90 Å². The second-order valence-corrected chi connectivity index (χ2v) is 10.7. The lowest BCUT2D eigenvalue weighted by Gasteiger charge is -2.42. The van der Waals surface area contributed by atoms with Crippen LogP contribution in [0.15, 0.2) is 18.2 Å². The number of methoxy groups -OCH3 is 1. The van der Waals surface area contributed by atoms with E-state index >= 15 is 0 Å². The number of piperazine rings is 1. The van der Waals surface area contributed by atoms with Crippen molar-refractivity contribution in [3.8, 4) is 5.75 Å². The number of carbonyl (C=O) groups excluding carboxylic acids is 1. The second kappa shape index (κ2) is 8.78. The first kappa shape index (κ1) is 22.6. The van der Waals surface area contributed by atoms with Crippen LogP contribution in [0.1, 0.15) is 27.2 Å². The Labute approximate surface area is 172 Å². The van der Waals surface area contributed by atoms with Crippen molar-refractivity contribution >= 4 is 33.2 Å². The molecule has 1 aliphatic heterocycles. The van der Waals surface area contributed by atoms with Crippen molar-refractivity contribution in [1.29, 1.82) is 0 Å². The maximum Gasteiger partial charge on any atom is 0.410 e. The summed E-state index contributed by atoms with van der Waals surface area (Å²) in [4.78, 5) is 16.4. The Morgan fingerprint density at radius 2 is 1.96 bits per heavy atom. The summed E-state index contributed by atoms with van der Waals surface area (Å²) in [5.74, 6) is 0.579. The molecule has 1 saturated heterocycles. The monoisotopic (exact) mass is 432 g/mol. The highest BCUT2D eigenvalue weighted by Gasteiger charge is 2.34. The fraction of sp³-hybridized carbons (Fsp3) is 0.632. The lowest BCUT2D eigenvalue weighted by Crippen LogP contribution is -2.56. The van der Waals surface area contributed by atoms with Gasteiger partial charge in [0, 0.05) is 37.6 Å². The summed E-state index contributed by atoms with van der Waals surface area (Å²) >= 11 is 6.11. The molecule has 0 aliphatic carbocycles. The Morgan fingerprint density at radius 1 is 1.29 bits per heavy atom. The first-order chi connectivity index (χ1) is 12.9. The molecule has 9 heteroatoms. The molecule has 28 heavy (non-hydrogen) atoms. The van der Waals surface area contributed by atoms with Gasteiger partial charge in [0.15, 0.2) is 0 Å². The van der Waals surface area contributed by atoms with Gasteiger partial charge in [0.2, 0.25) is 0 Å². The molecular formula is C19H29ClN2O5S. The predicted octanol–water partition coefficient (Wildman–Crippen LogP) is 3.21. The van der Waals surface area contributed by atoms with Gasteiger partial charge < -0.3 is 19.3 Å². The molecule has 0 bridgehead atoms. The van der Waals surface area contributed by atoms with Crippen LogP contribution in [0.2, 0.25) is 5.02 Å². The minimum atomic E-state index is -3.14. The van der Waals surface area contributed by atoms with E-state index in [1.807, 2.05) is 32.9 Å². The van der Waals surface area contributed by atoms with Crippen LogP contribution in [-0.4, -0.2) is 69.8 Å². The Bertz CT molecular complexity index is 807. The van der Waals surface area contributed by atoms with Crippen molar-refractivity contribution in [3.05, 3.63) is 23.2 Å². The Kier molecular flexibility index (Phi) is 7.09. The van der Waals surface area contributed by atoms with Crippen molar-refractivity contribution in [3.63, 3.8) is 0 Å². The van der Waals surface area contributed by atoms with Crippen molar-refractivity contribution in [2.45, 2.75) is 38.8 Å². The zero-order chi connectivity index (χ0) is 21.1. The topological polar surface area (TPSA) is 76.2 Å². The summed E-state index contributed by atoms with van der Waals surface area (Å²) in [6, 6.07) is 5.22. The van der Waals surface area contributed by atoms with E-state index in [0.717, 1.165) is 5.69 Å². The number of sulfone groups is 1. The highest BCUT2D eigenvalue weighted by atomic mass is 35.5. The van der Waals surface area contributed by atoms with Gasteiger partial charge in [-0.25, -0.2) is 13.2 Å². The lowest BCUT2D eigenvalue weighted by atomic mass is 10.1. The molecule has 1 unspecified atom stereocenters. The maximum atomic E-state index is 12.6. The van der Waals surface area contributed by atoms with Crippen molar-refractivity contribution in [1.82, 2.24) is 4.90 Å². The van der Waals surface area contributed by atoms with Crippen molar-refractivity contribution in [2.24, 2.45) is 0 Å². The first-order valence-electron chi connectivity index (χ1n) is 9.15. The average Bonchev–Trinajstić information content (AvgIpc) is 2.58. The molecular weight excluding hydrogens is 404 g/mol. The van der Waals surface area contributed by atoms with Gasteiger partial charge in [-0.2, -0.15) is 0 Å². The van der Waals surface area contributed by atoms with E-state index in [-0.39, 0.29) is 11.8 Å². The zero-order valence-corrected chi connectivity index (χ0v) is 18.6. The fourth-order valence-electron chi connectivity index (χ4n) is 3.09. The van der Waals surface area contributed by atoms with Crippen LogP contribution >= 0.6 is 11.6 Å². The van der Waals surface area contributed by atoms with Gasteiger partial charge in [0.05, 0.1) is 23.9 Å². The number of halogens is 1. The Hall–Kier alpha value is -1.67. The number of nitrogens with zero attached hydrogens (tertiary/aromatic N) is 2. The molecule has 2 rings (SSSR count).